The van der Waals surface area contributed by atoms with E-state index in [1.54, 1.807) is 36.2 Å². The first-order chi connectivity index (χ1) is 9.06. The van der Waals surface area contributed by atoms with Gasteiger partial charge in [-0.2, -0.15) is 0 Å². The fourth-order valence-electron chi connectivity index (χ4n) is 1.78. The van der Waals surface area contributed by atoms with Gasteiger partial charge in [0.25, 0.3) is 0 Å². The predicted molar refractivity (Wildman–Crippen MR) is 79.5 cm³/mol. The predicted octanol–water partition coefficient (Wildman–Crippen LogP) is 3.25. The van der Waals surface area contributed by atoms with Gasteiger partial charge in [0.1, 0.15) is 0 Å². The molecule has 0 heterocycles. The van der Waals surface area contributed by atoms with E-state index >= 15 is 0 Å². The molecule has 0 spiro atoms. The third-order valence-electron chi connectivity index (χ3n) is 2.83. The Labute approximate surface area is 112 Å². The van der Waals surface area contributed by atoms with Crippen molar-refractivity contribution in [1.82, 2.24) is 0 Å². The molecular formula is C15H17N3O. The third kappa shape index (κ3) is 3.25. The number of nitrogens with one attached hydrogen (secondary N) is 1. The van der Waals surface area contributed by atoms with E-state index in [2.05, 4.69) is 5.32 Å². The molecule has 3 N–H and O–H groups in total. The number of aryl methyl sites for hydroxylation is 1. The maximum Gasteiger partial charge on any atom is 0.326 e. The number of nitrogen functional groups attached to an aromatic ring is 1. The first-order valence-corrected chi connectivity index (χ1v) is 6.03. The number of carbonyl (C=O) groups excluding carboxylic acids is 1. The molecule has 4 heteroatoms. The smallest absolute Gasteiger partial charge is 0.326 e. The summed E-state index contributed by atoms with van der Waals surface area (Å²) in [7, 11) is 1.73. The number of urea groups is 1. The standard InChI is InChI=1S/C15H17N3O/c1-11-5-3-8-14(9-11)18(2)15(19)17-13-7-4-6-12(16)10-13/h3-10H,16H2,1-2H3,(H,17,19). The Morgan fingerprint density at radius 1 is 1.16 bits per heavy atom. The molecule has 2 rings (SSSR count). The zero-order chi connectivity index (χ0) is 13.8. The normalized spacial score (nSPS) is 10.0. The van der Waals surface area contributed by atoms with E-state index in [1.807, 2.05) is 31.2 Å². The summed E-state index contributed by atoms with van der Waals surface area (Å²) in [5.41, 5.74) is 8.94. The van der Waals surface area contributed by atoms with Gasteiger partial charge in [0.15, 0.2) is 0 Å². The molecule has 0 fully saturated rings. The maximum absolute atomic E-state index is 12.1. The Morgan fingerprint density at radius 3 is 2.58 bits per heavy atom. The van der Waals surface area contributed by atoms with Crippen LogP contribution in [-0.4, -0.2) is 13.1 Å². The number of nitrogens with two attached hydrogens (primary N) is 1. The fraction of sp³-hybridized carbons (Fsp3) is 0.133. The van der Waals surface area contributed by atoms with Crippen molar-refractivity contribution >= 4 is 23.1 Å². The molecular weight excluding hydrogens is 238 g/mol. The Kier molecular flexibility index (Phi) is 3.71. The van der Waals surface area contributed by atoms with Gasteiger partial charge in [-0.1, -0.05) is 18.2 Å². The lowest BCUT2D eigenvalue weighted by molar-refractivity contribution is 0.258. The topological polar surface area (TPSA) is 58.4 Å². The summed E-state index contributed by atoms with van der Waals surface area (Å²) >= 11 is 0. The Bertz CT molecular complexity index is 595. The van der Waals surface area contributed by atoms with Crippen LogP contribution in [0.2, 0.25) is 0 Å². The summed E-state index contributed by atoms with van der Waals surface area (Å²) in [6, 6.07) is 14.7. The van der Waals surface area contributed by atoms with E-state index in [-0.39, 0.29) is 6.03 Å². The first kappa shape index (κ1) is 13.0. The second-order valence-corrected chi connectivity index (χ2v) is 4.45. The number of rotatable bonds is 2. The summed E-state index contributed by atoms with van der Waals surface area (Å²) in [5.74, 6) is 0. The molecule has 2 aromatic rings. The average Bonchev–Trinajstić information content (AvgIpc) is 2.38. The van der Waals surface area contributed by atoms with Gasteiger partial charge in [-0.3, -0.25) is 4.90 Å². The van der Waals surface area contributed by atoms with E-state index in [4.69, 9.17) is 5.73 Å². The van der Waals surface area contributed by atoms with Crippen LogP contribution in [0, 0.1) is 6.92 Å². The van der Waals surface area contributed by atoms with Crippen LogP contribution in [-0.2, 0) is 0 Å². The minimum Gasteiger partial charge on any atom is -0.399 e. The minimum absolute atomic E-state index is 0.198. The van der Waals surface area contributed by atoms with Crippen molar-refractivity contribution in [1.29, 1.82) is 0 Å². The molecule has 0 aliphatic heterocycles. The Balaban J connectivity index is 2.12. The quantitative estimate of drug-likeness (QED) is 0.809. The lowest BCUT2D eigenvalue weighted by Gasteiger charge is -2.18. The van der Waals surface area contributed by atoms with Gasteiger partial charge in [0.2, 0.25) is 0 Å². The molecule has 2 amide bonds. The van der Waals surface area contributed by atoms with Gasteiger partial charge in [-0.05, 0) is 42.8 Å². The van der Waals surface area contributed by atoms with Crippen LogP contribution < -0.4 is 16.0 Å². The summed E-state index contributed by atoms with van der Waals surface area (Å²) in [6.07, 6.45) is 0. The van der Waals surface area contributed by atoms with Gasteiger partial charge < -0.3 is 11.1 Å². The van der Waals surface area contributed by atoms with Crippen LogP contribution in [0.3, 0.4) is 0 Å². The van der Waals surface area contributed by atoms with Crippen LogP contribution in [0.4, 0.5) is 21.9 Å². The molecule has 19 heavy (non-hydrogen) atoms. The highest BCUT2D eigenvalue weighted by Crippen LogP contribution is 2.17. The lowest BCUT2D eigenvalue weighted by Crippen LogP contribution is -2.31. The highest BCUT2D eigenvalue weighted by Gasteiger charge is 2.10. The summed E-state index contributed by atoms with van der Waals surface area (Å²) < 4.78 is 0. The van der Waals surface area contributed by atoms with Crippen molar-refractivity contribution in [2.24, 2.45) is 0 Å². The molecule has 2 aromatic carbocycles. The molecule has 0 atom stereocenters. The highest BCUT2D eigenvalue weighted by atomic mass is 16.2. The molecule has 0 unspecified atom stereocenters. The zero-order valence-corrected chi connectivity index (χ0v) is 11.1. The van der Waals surface area contributed by atoms with Crippen LogP contribution in [0.25, 0.3) is 0 Å². The second kappa shape index (κ2) is 5.44. The van der Waals surface area contributed by atoms with Crippen molar-refractivity contribution in [3.8, 4) is 0 Å². The molecule has 0 aliphatic rings. The number of anilines is 3. The van der Waals surface area contributed by atoms with E-state index in [1.165, 1.54) is 0 Å². The molecule has 0 aromatic heterocycles. The van der Waals surface area contributed by atoms with E-state index in [9.17, 15) is 4.79 Å². The second-order valence-electron chi connectivity index (χ2n) is 4.45. The van der Waals surface area contributed by atoms with Crippen LogP contribution >= 0.6 is 0 Å². The largest absolute Gasteiger partial charge is 0.399 e. The average molecular weight is 255 g/mol. The Morgan fingerprint density at radius 2 is 1.89 bits per heavy atom. The van der Waals surface area contributed by atoms with Crippen LogP contribution in [0.5, 0.6) is 0 Å². The SMILES string of the molecule is Cc1cccc(N(C)C(=O)Nc2cccc(N)c2)c1. The number of nitrogens with zero attached hydrogens (tertiary/aromatic N) is 1. The van der Waals surface area contributed by atoms with E-state index in [0.717, 1.165) is 11.3 Å². The van der Waals surface area contributed by atoms with Crippen LogP contribution in [0.1, 0.15) is 5.56 Å². The monoisotopic (exact) mass is 255 g/mol. The molecule has 98 valence electrons. The molecule has 0 saturated carbocycles. The number of hydrogen-bond acceptors (Lipinski definition) is 2. The Hall–Kier alpha value is -2.49. The van der Waals surface area contributed by atoms with Gasteiger partial charge in [-0.15, -0.1) is 0 Å². The van der Waals surface area contributed by atoms with Gasteiger partial charge >= 0.3 is 6.03 Å². The zero-order valence-electron chi connectivity index (χ0n) is 11.1. The van der Waals surface area contributed by atoms with E-state index < -0.39 is 0 Å². The molecule has 0 radical (unpaired) electrons. The molecule has 0 bridgehead atoms. The lowest BCUT2D eigenvalue weighted by atomic mass is 10.2. The number of benzene rings is 2. The van der Waals surface area contributed by atoms with Crippen molar-refractivity contribution in [3.05, 3.63) is 54.1 Å². The number of amides is 2. The number of carbonyl (C=O) groups is 1. The maximum atomic E-state index is 12.1. The summed E-state index contributed by atoms with van der Waals surface area (Å²) in [5, 5.41) is 2.81. The number of hydrogen-bond donors (Lipinski definition) is 2. The van der Waals surface area contributed by atoms with Crippen molar-refractivity contribution < 1.29 is 4.79 Å². The van der Waals surface area contributed by atoms with Gasteiger partial charge in [0, 0.05) is 24.1 Å². The van der Waals surface area contributed by atoms with Crippen molar-refractivity contribution in [3.63, 3.8) is 0 Å². The van der Waals surface area contributed by atoms with Crippen LogP contribution in [0.15, 0.2) is 48.5 Å². The minimum atomic E-state index is -0.198. The third-order valence-corrected chi connectivity index (χ3v) is 2.83. The fourth-order valence-corrected chi connectivity index (χ4v) is 1.78. The summed E-state index contributed by atoms with van der Waals surface area (Å²) in [6.45, 7) is 1.99. The van der Waals surface area contributed by atoms with Crippen molar-refractivity contribution in [2.75, 3.05) is 23.0 Å². The summed E-state index contributed by atoms with van der Waals surface area (Å²) in [4.78, 5) is 13.7. The van der Waals surface area contributed by atoms with Gasteiger partial charge in [0.05, 0.1) is 0 Å². The van der Waals surface area contributed by atoms with E-state index in [0.29, 0.717) is 11.4 Å². The molecule has 0 aliphatic carbocycles. The molecule has 4 nitrogen and oxygen atoms in total. The first-order valence-electron chi connectivity index (χ1n) is 6.03. The highest BCUT2D eigenvalue weighted by molar-refractivity contribution is 6.01. The molecule has 0 saturated heterocycles. The van der Waals surface area contributed by atoms with Crippen molar-refractivity contribution in [2.45, 2.75) is 6.92 Å². The van der Waals surface area contributed by atoms with Gasteiger partial charge in [-0.25, -0.2) is 4.79 Å².